The molecule has 2 N–H and O–H groups in total. The first kappa shape index (κ1) is 39.0. The lowest BCUT2D eigenvalue weighted by molar-refractivity contribution is -0.392. The van der Waals surface area contributed by atoms with E-state index in [4.69, 9.17) is 18.9 Å². The second kappa shape index (κ2) is 15.4. The SMILES string of the molecule is COc1ccc(COC(=O)Nc2ccc(NC(=O)OCc3ccc(OC)cc3)c(OC(F)=C(F)C(F)(F)C(F)(F)C(F)(F)C(F)(F)F)c2)cc1. The third-order valence-corrected chi connectivity index (χ3v) is 6.32. The Bertz CT molecular complexity index is 1680. The van der Waals surface area contributed by atoms with Crippen LogP contribution < -0.4 is 24.8 Å². The molecule has 20 heteroatoms. The third kappa shape index (κ3) is 8.97. The van der Waals surface area contributed by atoms with E-state index in [0.29, 0.717) is 28.7 Å². The van der Waals surface area contributed by atoms with E-state index < -0.39 is 71.7 Å². The Hall–Kier alpha value is -5.43. The molecule has 0 heterocycles. The van der Waals surface area contributed by atoms with E-state index in [1.807, 2.05) is 5.32 Å². The molecule has 0 unspecified atom stereocenters. The van der Waals surface area contributed by atoms with Crippen molar-refractivity contribution >= 4 is 23.6 Å². The first-order chi connectivity index (χ1) is 23.2. The molecular weight excluding hydrogens is 709 g/mol. The van der Waals surface area contributed by atoms with Crippen molar-refractivity contribution in [2.75, 3.05) is 24.9 Å². The van der Waals surface area contributed by atoms with Crippen molar-refractivity contribution in [3.63, 3.8) is 0 Å². The van der Waals surface area contributed by atoms with E-state index in [1.54, 1.807) is 12.1 Å². The highest BCUT2D eigenvalue weighted by molar-refractivity contribution is 5.89. The minimum atomic E-state index is -7.56. The fourth-order valence-corrected chi connectivity index (χ4v) is 3.61. The zero-order valence-corrected chi connectivity index (χ0v) is 25.3. The van der Waals surface area contributed by atoms with Crippen LogP contribution in [0.25, 0.3) is 0 Å². The number of hydrogen-bond donors (Lipinski definition) is 2. The molecule has 0 aliphatic heterocycles. The summed E-state index contributed by atoms with van der Waals surface area (Å²) >= 11 is 0. The van der Waals surface area contributed by atoms with Crippen LogP contribution in [0.5, 0.6) is 17.2 Å². The summed E-state index contributed by atoms with van der Waals surface area (Å²) < 4.78 is 172. The van der Waals surface area contributed by atoms with Crippen LogP contribution in [-0.2, 0) is 22.7 Å². The maximum atomic E-state index is 14.6. The van der Waals surface area contributed by atoms with E-state index in [0.717, 1.165) is 12.1 Å². The third-order valence-electron chi connectivity index (χ3n) is 6.32. The summed E-state index contributed by atoms with van der Waals surface area (Å²) in [5.74, 6) is -26.7. The molecule has 0 radical (unpaired) electrons. The van der Waals surface area contributed by atoms with Crippen LogP contribution in [-0.4, -0.2) is 50.3 Å². The number of anilines is 2. The van der Waals surface area contributed by atoms with Gasteiger partial charge in [0.25, 0.3) is 0 Å². The smallest absolute Gasteiger partial charge is 0.460 e. The molecule has 50 heavy (non-hydrogen) atoms. The number of amides is 2. The number of methoxy groups -OCH3 is 2. The Balaban J connectivity index is 1.88. The maximum Gasteiger partial charge on any atom is 0.460 e. The zero-order chi connectivity index (χ0) is 37.5. The molecule has 0 fully saturated rings. The van der Waals surface area contributed by atoms with Crippen LogP contribution in [0.15, 0.2) is 78.6 Å². The predicted octanol–water partition coefficient (Wildman–Crippen LogP) is 9.16. The average Bonchev–Trinajstić information content (AvgIpc) is 3.06. The van der Waals surface area contributed by atoms with Gasteiger partial charge in [-0.2, -0.15) is 48.3 Å². The Kier molecular flexibility index (Phi) is 12.0. The van der Waals surface area contributed by atoms with Crippen LogP contribution >= 0.6 is 0 Å². The summed E-state index contributed by atoms with van der Waals surface area (Å²) in [5, 5.41) is 3.98. The number of carbonyl (C=O) groups is 2. The fraction of sp³-hybridized carbons (Fsp3) is 0.267. The number of alkyl halides is 9. The van der Waals surface area contributed by atoms with Crippen LogP contribution in [0.3, 0.4) is 0 Å². The molecule has 9 nitrogen and oxygen atoms in total. The first-order valence-electron chi connectivity index (χ1n) is 13.4. The largest absolute Gasteiger partial charge is 0.497 e. The molecule has 272 valence electrons. The highest BCUT2D eigenvalue weighted by Crippen LogP contribution is 2.56. The van der Waals surface area contributed by atoms with Gasteiger partial charge in [-0.15, -0.1) is 0 Å². The Morgan fingerprint density at radius 2 is 1.10 bits per heavy atom. The maximum absolute atomic E-state index is 14.6. The van der Waals surface area contributed by atoms with Crippen molar-refractivity contribution in [1.29, 1.82) is 0 Å². The van der Waals surface area contributed by atoms with Gasteiger partial charge in [0.1, 0.15) is 24.7 Å². The number of hydrogen-bond acceptors (Lipinski definition) is 7. The molecule has 0 aliphatic carbocycles. The monoisotopic (exact) mass is 732 g/mol. The normalized spacial score (nSPS) is 12.7. The summed E-state index contributed by atoms with van der Waals surface area (Å²) in [6.45, 7) is -0.739. The lowest BCUT2D eigenvalue weighted by atomic mass is 10.0. The molecule has 0 aliphatic rings. The van der Waals surface area contributed by atoms with Gasteiger partial charge in [-0.25, -0.2) is 9.59 Å². The standard InChI is InChI=1S/C30H23F11N2O7/c1-46-19-8-3-16(4-9-19)14-48-25(44)42-18-7-12-21(43-26(45)49-15-17-5-10-20(47-2)11-6-17)22(13-18)50-24(32)23(31)27(33,34)28(35,36)29(37,38)30(39,40)41/h3-13H,14-15H2,1-2H3,(H,42,44)(H,43,45). The van der Waals surface area contributed by atoms with Gasteiger partial charge in [0.05, 0.1) is 19.9 Å². The number of nitrogens with one attached hydrogen (secondary N) is 2. The summed E-state index contributed by atoms with van der Waals surface area (Å²) in [7, 11) is 2.80. The quantitative estimate of drug-likeness (QED) is 0.133. The second-order valence-corrected chi connectivity index (χ2v) is 9.72. The molecule has 3 aromatic carbocycles. The van der Waals surface area contributed by atoms with Gasteiger partial charge in [-0.1, -0.05) is 24.3 Å². The molecule has 0 saturated heterocycles. The van der Waals surface area contributed by atoms with Gasteiger partial charge in [0.2, 0.25) is 5.83 Å². The van der Waals surface area contributed by atoms with Crippen molar-refractivity contribution in [3.8, 4) is 17.2 Å². The fourth-order valence-electron chi connectivity index (χ4n) is 3.61. The van der Waals surface area contributed by atoms with Gasteiger partial charge >= 0.3 is 42.1 Å². The van der Waals surface area contributed by atoms with Crippen molar-refractivity contribution in [2.24, 2.45) is 0 Å². The number of benzene rings is 3. The van der Waals surface area contributed by atoms with E-state index >= 15 is 0 Å². The van der Waals surface area contributed by atoms with E-state index in [1.165, 1.54) is 50.6 Å². The molecular formula is C30H23F11N2O7. The number of rotatable bonds is 13. The minimum absolute atomic E-state index is 0.326. The van der Waals surface area contributed by atoms with E-state index in [9.17, 15) is 57.9 Å². The highest BCUT2D eigenvalue weighted by Gasteiger charge is 2.83. The molecule has 3 rings (SSSR count). The molecule has 0 bridgehead atoms. The number of allylic oxidation sites excluding steroid dienone is 1. The molecule has 0 atom stereocenters. The summed E-state index contributed by atoms with van der Waals surface area (Å²) in [6, 6.07) is 10.9. The van der Waals surface area contributed by atoms with Crippen molar-refractivity contribution in [2.45, 2.75) is 37.2 Å². The van der Waals surface area contributed by atoms with Crippen LogP contribution in [0.4, 0.5) is 69.3 Å². The van der Waals surface area contributed by atoms with Gasteiger partial charge in [0, 0.05) is 11.8 Å². The molecule has 3 aromatic rings. The Labute approximate surface area is 274 Å². The molecule has 0 aromatic heterocycles. The highest BCUT2D eigenvalue weighted by atomic mass is 19.4. The molecule has 2 amide bonds. The number of carbonyl (C=O) groups excluding carboxylic acids is 2. The van der Waals surface area contributed by atoms with Crippen molar-refractivity contribution in [3.05, 3.63) is 89.7 Å². The molecule has 0 saturated carbocycles. The van der Waals surface area contributed by atoms with Gasteiger partial charge in [-0.05, 0) is 47.5 Å². The summed E-state index contributed by atoms with van der Waals surface area (Å²) in [6.07, 6.45) is -9.89. The predicted molar refractivity (Wildman–Crippen MR) is 151 cm³/mol. The number of ether oxygens (including phenoxy) is 5. The second-order valence-electron chi connectivity index (χ2n) is 9.72. The van der Waals surface area contributed by atoms with Crippen molar-refractivity contribution in [1.82, 2.24) is 0 Å². The van der Waals surface area contributed by atoms with Gasteiger partial charge < -0.3 is 23.7 Å². The summed E-state index contributed by atoms with van der Waals surface area (Å²) in [5.41, 5.74) is -0.388. The lowest BCUT2D eigenvalue weighted by Gasteiger charge is -2.32. The first-order valence-corrected chi connectivity index (χ1v) is 13.4. The Morgan fingerprint density at radius 3 is 1.54 bits per heavy atom. The Morgan fingerprint density at radius 1 is 0.640 bits per heavy atom. The van der Waals surface area contributed by atoms with E-state index in [-0.39, 0.29) is 6.61 Å². The topological polar surface area (TPSA) is 104 Å². The number of halogens is 11. The average molecular weight is 732 g/mol. The zero-order valence-electron chi connectivity index (χ0n) is 25.3. The van der Waals surface area contributed by atoms with Gasteiger partial charge in [0.15, 0.2) is 5.75 Å². The van der Waals surface area contributed by atoms with E-state index in [2.05, 4.69) is 10.1 Å². The van der Waals surface area contributed by atoms with Gasteiger partial charge in [-0.3, -0.25) is 10.6 Å². The lowest BCUT2D eigenvalue weighted by Crippen LogP contribution is -2.61. The van der Waals surface area contributed by atoms with Crippen molar-refractivity contribution < 1.29 is 81.6 Å². The van der Waals surface area contributed by atoms with Crippen LogP contribution in [0.2, 0.25) is 0 Å². The summed E-state index contributed by atoms with van der Waals surface area (Å²) in [4.78, 5) is 24.7. The molecule has 0 spiro atoms. The van der Waals surface area contributed by atoms with Crippen LogP contribution in [0, 0.1) is 0 Å². The van der Waals surface area contributed by atoms with Crippen LogP contribution in [0.1, 0.15) is 11.1 Å². The minimum Gasteiger partial charge on any atom is -0.497 e.